The number of hydrogen-bond donors (Lipinski definition) is 1. The van der Waals surface area contributed by atoms with Crippen LogP contribution in [0.2, 0.25) is 0 Å². The second kappa shape index (κ2) is 7.43. The van der Waals surface area contributed by atoms with E-state index in [1.807, 2.05) is 0 Å². The van der Waals surface area contributed by atoms with Gasteiger partial charge in [-0.05, 0) is 45.8 Å². The average Bonchev–Trinajstić information content (AvgIpc) is 2.76. The lowest BCUT2D eigenvalue weighted by molar-refractivity contribution is 0.0773. The molecule has 2 heterocycles. The van der Waals surface area contributed by atoms with Crippen molar-refractivity contribution >= 4 is 0 Å². The number of likely N-dealkylation sites (N-methyl/N-ethyl adjacent to an activating group) is 1. The molecule has 0 aromatic rings. The van der Waals surface area contributed by atoms with Gasteiger partial charge in [-0.2, -0.15) is 0 Å². The second-order valence-corrected chi connectivity index (χ2v) is 6.02. The van der Waals surface area contributed by atoms with Crippen LogP contribution in [0.5, 0.6) is 0 Å². The molecule has 2 rings (SSSR count). The minimum Gasteiger partial charge on any atom is -0.381 e. The smallest absolute Gasteiger partial charge is 0.0480 e. The molecule has 0 bridgehead atoms. The van der Waals surface area contributed by atoms with Gasteiger partial charge in [0.15, 0.2) is 0 Å². The van der Waals surface area contributed by atoms with Crippen molar-refractivity contribution in [2.75, 3.05) is 60.0 Å². The van der Waals surface area contributed by atoms with Crippen molar-refractivity contribution in [3.63, 3.8) is 0 Å². The van der Waals surface area contributed by atoms with Gasteiger partial charge in [0, 0.05) is 45.4 Å². The summed E-state index contributed by atoms with van der Waals surface area (Å²) >= 11 is 0. The summed E-state index contributed by atoms with van der Waals surface area (Å²) < 4.78 is 5.37. The van der Waals surface area contributed by atoms with Gasteiger partial charge in [0.2, 0.25) is 0 Å². The summed E-state index contributed by atoms with van der Waals surface area (Å²) in [6.45, 7) is 7.95. The molecule has 1 unspecified atom stereocenters. The lowest BCUT2D eigenvalue weighted by Crippen LogP contribution is -2.40. The molecule has 0 saturated carbocycles. The molecular weight excluding hydrogens is 226 g/mol. The molecule has 0 aromatic carbocycles. The van der Waals surface area contributed by atoms with E-state index in [2.05, 4.69) is 29.2 Å². The fraction of sp³-hybridized carbons (Fsp3) is 1.00. The molecule has 2 aliphatic heterocycles. The number of hydrogen-bond acceptors (Lipinski definition) is 4. The SMILES string of the molecule is CN(CCNC1CCOCC1)CC1CCN(C)C1. The first-order valence-electron chi connectivity index (χ1n) is 7.42. The molecule has 4 nitrogen and oxygen atoms in total. The average molecular weight is 255 g/mol. The van der Waals surface area contributed by atoms with E-state index < -0.39 is 0 Å². The summed E-state index contributed by atoms with van der Waals surface area (Å²) in [7, 11) is 4.48. The number of ether oxygens (including phenoxy) is 1. The Morgan fingerprint density at radius 1 is 1.28 bits per heavy atom. The van der Waals surface area contributed by atoms with Gasteiger partial charge in [-0.15, -0.1) is 0 Å². The fourth-order valence-electron chi connectivity index (χ4n) is 3.07. The lowest BCUT2D eigenvalue weighted by atomic mass is 10.1. The summed E-state index contributed by atoms with van der Waals surface area (Å²) in [5, 5.41) is 3.65. The van der Waals surface area contributed by atoms with Gasteiger partial charge >= 0.3 is 0 Å². The van der Waals surface area contributed by atoms with E-state index in [1.54, 1.807) is 0 Å². The Labute approximate surface area is 112 Å². The second-order valence-electron chi connectivity index (χ2n) is 6.02. The summed E-state index contributed by atoms with van der Waals surface area (Å²) in [6, 6.07) is 0.685. The highest BCUT2D eigenvalue weighted by molar-refractivity contribution is 4.76. The fourth-order valence-corrected chi connectivity index (χ4v) is 3.07. The summed E-state index contributed by atoms with van der Waals surface area (Å²) in [4.78, 5) is 4.93. The van der Waals surface area contributed by atoms with Crippen LogP contribution >= 0.6 is 0 Å². The van der Waals surface area contributed by atoms with Crippen molar-refractivity contribution in [2.45, 2.75) is 25.3 Å². The molecule has 0 spiro atoms. The molecule has 1 N–H and O–H groups in total. The Kier molecular flexibility index (Phi) is 5.89. The van der Waals surface area contributed by atoms with E-state index in [1.165, 1.54) is 38.9 Å². The molecule has 2 aliphatic rings. The van der Waals surface area contributed by atoms with Crippen molar-refractivity contribution in [3.05, 3.63) is 0 Å². The third-order valence-corrected chi connectivity index (χ3v) is 4.21. The highest BCUT2D eigenvalue weighted by Gasteiger charge is 2.20. The van der Waals surface area contributed by atoms with Gasteiger partial charge in [0.25, 0.3) is 0 Å². The van der Waals surface area contributed by atoms with E-state index in [0.29, 0.717) is 6.04 Å². The molecule has 0 aliphatic carbocycles. The Hall–Kier alpha value is -0.160. The monoisotopic (exact) mass is 255 g/mol. The molecule has 2 fully saturated rings. The maximum atomic E-state index is 5.37. The van der Waals surface area contributed by atoms with Crippen molar-refractivity contribution in [2.24, 2.45) is 5.92 Å². The van der Waals surface area contributed by atoms with Crippen molar-refractivity contribution < 1.29 is 4.74 Å². The van der Waals surface area contributed by atoms with Crippen LogP contribution in [0.4, 0.5) is 0 Å². The Morgan fingerprint density at radius 2 is 2.06 bits per heavy atom. The Morgan fingerprint density at radius 3 is 2.72 bits per heavy atom. The molecule has 2 saturated heterocycles. The largest absolute Gasteiger partial charge is 0.381 e. The minimum atomic E-state index is 0.685. The van der Waals surface area contributed by atoms with Gasteiger partial charge < -0.3 is 19.9 Å². The van der Waals surface area contributed by atoms with Crippen molar-refractivity contribution in [1.29, 1.82) is 0 Å². The third-order valence-electron chi connectivity index (χ3n) is 4.21. The molecule has 18 heavy (non-hydrogen) atoms. The van der Waals surface area contributed by atoms with E-state index >= 15 is 0 Å². The van der Waals surface area contributed by atoms with Crippen molar-refractivity contribution in [1.82, 2.24) is 15.1 Å². The quantitative estimate of drug-likeness (QED) is 0.754. The predicted molar refractivity (Wildman–Crippen MR) is 74.9 cm³/mol. The van der Waals surface area contributed by atoms with Gasteiger partial charge in [-0.1, -0.05) is 0 Å². The van der Waals surface area contributed by atoms with Crippen LogP contribution in [-0.2, 0) is 4.74 Å². The van der Waals surface area contributed by atoms with Gasteiger partial charge in [-0.25, -0.2) is 0 Å². The zero-order chi connectivity index (χ0) is 12.8. The highest BCUT2D eigenvalue weighted by Crippen LogP contribution is 2.14. The first kappa shape index (κ1) is 14.3. The molecular formula is C14H29N3O. The first-order valence-corrected chi connectivity index (χ1v) is 7.42. The van der Waals surface area contributed by atoms with Crippen LogP contribution in [0.15, 0.2) is 0 Å². The standard InChI is InChI=1S/C14H29N3O/c1-16-7-3-13(11-16)12-17(2)8-6-15-14-4-9-18-10-5-14/h13-15H,3-12H2,1-2H3. The Bertz CT molecular complexity index is 231. The van der Waals surface area contributed by atoms with Crippen LogP contribution in [0.25, 0.3) is 0 Å². The topological polar surface area (TPSA) is 27.7 Å². The molecule has 0 aromatic heterocycles. The highest BCUT2D eigenvalue weighted by atomic mass is 16.5. The van der Waals surface area contributed by atoms with Gasteiger partial charge in [0.1, 0.15) is 0 Å². The molecule has 0 radical (unpaired) electrons. The summed E-state index contributed by atoms with van der Waals surface area (Å²) in [6.07, 6.45) is 3.72. The molecule has 0 amide bonds. The minimum absolute atomic E-state index is 0.685. The van der Waals surface area contributed by atoms with Crippen LogP contribution in [0.1, 0.15) is 19.3 Å². The Balaban J connectivity index is 1.52. The van der Waals surface area contributed by atoms with Gasteiger partial charge in [0.05, 0.1) is 0 Å². The van der Waals surface area contributed by atoms with Crippen LogP contribution < -0.4 is 5.32 Å². The maximum absolute atomic E-state index is 5.37. The maximum Gasteiger partial charge on any atom is 0.0480 e. The zero-order valence-corrected chi connectivity index (χ0v) is 12.0. The molecule has 4 heteroatoms. The van der Waals surface area contributed by atoms with E-state index in [-0.39, 0.29) is 0 Å². The van der Waals surface area contributed by atoms with Crippen molar-refractivity contribution in [3.8, 4) is 0 Å². The number of nitrogens with one attached hydrogen (secondary N) is 1. The first-order chi connectivity index (χ1) is 8.74. The van der Waals surface area contributed by atoms with E-state index in [4.69, 9.17) is 4.74 Å². The normalized spacial score (nSPS) is 27.2. The number of rotatable bonds is 6. The molecule has 106 valence electrons. The molecule has 1 atom stereocenters. The zero-order valence-electron chi connectivity index (χ0n) is 12.0. The summed E-state index contributed by atoms with van der Waals surface area (Å²) in [5.41, 5.74) is 0. The van der Waals surface area contributed by atoms with E-state index in [9.17, 15) is 0 Å². The third kappa shape index (κ3) is 4.84. The number of likely N-dealkylation sites (tertiary alicyclic amines) is 1. The number of nitrogens with zero attached hydrogens (tertiary/aromatic N) is 2. The summed E-state index contributed by atoms with van der Waals surface area (Å²) in [5.74, 6) is 0.878. The van der Waals surface area contributed by atoms with Crippen LogP contribution in [0.3, 0.4) is 0 Å². The predicted octanol–water partition coefficient (Wildman–Crippen LogP) is 0.639. The van der Waals surface area contributed by atoms with Crippen LogP contribution in [-0.4, -0.2) is 75.9 Å². The van der Waals surface area contributed by atoms with Gasteiger partial charge in [-0.3, -0.25) is 0 Å². The van der Waals surface area contributed by atoms with Crippen LogP contribution in [0, 0.1) is 5.92 Å². The lowest BCUT2D eigenvalue weighted by Gasteiger charge is -2.25. The van der Waals surface area contributed by atoms with E-state index in [0.717, 1.165) is 32.2 Å².